The molecule has 0 aliphatic rings. The monoisotopic (exact) mass is 391 g/mol. The van der Waals surface area contributed by atoms with E-state index in [-0.39, 0.29) is 6.04 Å². The molecule has 0 aliphatic heterocycles. The van der Waals surface area contributed by atoms with E-state index in [1.807, 2.05) is 44.3 Å². The van der Waals surface area contributed by atoms with Gasteiger partial charge in [0.05, 0.1) is 24.2 Å². The number of methoxy groups -OCH3 is 1. The number of hydrogen-bond acceptors (Lipinski definition) is 5. The van der Waals surface area contributed by atoms with E-state index in [4.69, 9.17) is 14.7 Å². The second-order valence-electron chi connectivity index (χ2n) is 7.65. The molecule has 0 spiro atoms. The van der Waals surface area contributed by atoms with Crippen LogP contribution in [0.4, 0.5) is 5.82 Å². The zero-order valence-electron chi connectivity index (χ0n) is 18.0. The summed E-state index contributed by atoms with van der Waals surface area (Å²) in [7, 11) is 1.66. The highest BCUT2D eigenvalue weighted by atomic mass is 16.5. The van der Waals surface area contributed by atoms with E-state index in [1.165, 1.54) is 0 Å². The highest BCUT2D eigenvalue weighted by Crippen LogP contribution is 2.34. The number of hydrogen-bond donors (Lipinski definition) is 1. The van der Waals surface area contributed by atoms with Crippen molar-refractivity contribution in [2.75, 3.05) is 12.4 Å². The van der Waals surface area contributed by atoms with Crippen molar-refractivity contribution in [3.05, 3.63) is 54.6 Å². The van der Waals surface area contributed by atoms with Crippen molar-refractivity contribution in [3.63, 3.8) is 0 Å². The molecule has 0 saturated heterocycles. The van der Waals surface area contributed by atoms with E-state index < -0.39 is 0 Å². The van der Waals surface area contributed by atoms with Gasteiger partial charge in [0.15, 0.2) is 5.82 Å². The van der Waals surface area contributed by atoms with Crippen LogP contribution in [0, 0.1) is 12.8 Å². The molecule has 3 rings (SSSR count). The molecule has 0 saturated carbocycles. The minimum absolute atomic E-state index is 0.274. The molecule has 29 heavy (non-hydrogen) atoms. The maximum atomic E-state index is 5.67. The molecule has 1 atom stereocenters. The first-order chi connectivity index (χ1) is 13.8. The zero-order chi connectivity index (χ0) is 21.1. The molecule has 2 heterocycles. The average molecular weight is 392 g/mol. The van der Waals surface area contributed by atoms with Crippen molar-refractivity contribution in [2.45, 2.75) is 40.7 Å². The number of aryl methyl sites for hydroxylation is 1. The van der Waals surface area contributed by atoms with E-state index >= 15 is 0 Å². The van der Waals surface area contributed by atoms with Gasteiger partial charge in [-0.2, -0.15) is 5.10 Å². The predicted octanol–water partition coefficient (Wildman–Crippen LogP) is 5.14. The fourth-order valence-corrected chi connectivity index (χ4v) is 2.99. The van der Waals surface area contributed by atoms with Crippen LogP contribution in [0.15, 0.2) is 43.2 Å². The summed E-state index contributed by atoms with van der Waals surface area (Å²) in [6, 6.07) is 8.12. The summed E-state index contributed by atoms with van der Waals surface area (Å²) in [6.07, 6.45) is 3.65. The van der Waals surface area contributed by atoms with Gasteiger partial charge in [0.2, 0.25) is 0 Å². The SMILES string of the molecule is C=C(C)c1nc(-c2ccc(-n3cccn3)cc2OC)c(C)nc1NC(C)C(C)C. The van der Waals surface area contributed by atoms with Crippen LogP contribution in [-0.4, -0.2) is 32.9 Å². The lowest BCUT2D eigenvalue weighted by Crippen LogP contribution is -2.23. The van der Waals surface area contributed by atoms with E-state index in [0.29, 0.717) is 5.92 Å². The quantitative estimate of drug-likeness (QED) is 0.604. The Morgan fingerprint density at radius 3 is 2.55 bits per heavy atom. The Bertz CT molecular complexity index is 1010. The van der Waals surface area contributed by atoms with E-state index in [9.17, 15) is 0 Å². The Kier molecular flexibility index (Phi) is 6.01. The molecule has 1 aromatic carbocycles. The normalized spacial score (nSPS) is 12.1. The summed E-state index contributed by atoms with van der Waals surface area (Å²) in [6.45, 7) is 14.5. The molecule has 6 heteroatoms. The van der Waals surface area contributed by atoms with Crippen LogP contribution < -0.4 is 10.1 Å². The third-order valence-corrected chi connectivity index (χ3v) is 5.05. The summed E-state index contributed by atoms with van der Waals surface area (Å²) in [5.74, 6) is 1.97. The molecule has 0 aliphatic carbocycles. The standard InChI is InChI=1S/C23H29N5O/c1-14(2)16(5)25-23-21(15(3)4)27-22(17(6)26-23)19-10-9-18(13-20(19)29-7)28-12-8-11-24-28/h8-14,16H,3H2,1-2,4-7H3,(H,25,26). The third kappa shape index (κ3) is 4.31. The first-order valence-corrected chi connectivity index (χ1v) is 9.81. The lowest BCUT2D eigenvalue weighted by atomic mass is 10.0. The van der Waals surface area contributed by atoms with Crippen molar-refractivity contribution in [2.24, 2.45) is 5.92 Å². The summed E-state index contributed by atoms with van der Waals surface area (Å²) >= 11 is 0. The maximum absolute atomic E-state index is 5.67. The summed E-state index contributed by atoms with van der Waals surface area (Å²) < 4.78 is 7.47. The van der Waals surface area contributed by atoms with Gasteiger partial charge in [0, 0.05) is 30.1 Å². The second-order valence-corrected chi connectivity index (χ2v) is 7.65. The van der Waals surface area contributed by atoms with Gasteiger partial charge in [0.1, 0.15) is 11.4 Å². The van der Waals surface area contributed by atoms with Crippen molar-refractivity contribution in [1.29, 1.82) is 0 Å². The molecule has 3 aromatic rings. The number of nitrogens with one attached hydrogen (secondary N) is 1. The number of allylic oxidation sites excluding steroid dienone is 1. The van der Waals surface area contributed by atoms with E-state index in [1.54, 1.807) is 18.0 Å². The molecule has 0 bridgehead atoms. The Morgan fingerprint density at radius 1 is 1.21 bits per heavy atom. The highest BCUT2D eigenvalue weighted by Gasteiger charge is 2.19. The van der Waals surface area contributed by atoms with Crippen molar-refractivity contribution >= 4 is 11.4 Å². The van der Waals surface area contributed by atoms with Crippen molar-refractivity contribution in [3.8, 4) is 22.7 Å². The number of ether oxygens (including phenoxy) is 1. The molecule has 2 aromatic heterocycles. The van der Waals surface area contributed by atoms with Crippen LogP contribution in [0.25, 0.3) is 22.5 Å². The Hall–Kier alpha value is -3.15. The van der Waals surface area contributed by atoms with Gasteiger partial charge >= 0.3 is 0 Å². The minimum Gasteiger partial charge on any atom is -0.496 e. The lowest BCUT2D eigenvalue weighted by molar-refractivity contribution is 0.416. The first-order valence-electron chi connectivity index (χ1n) is 9.81. The number of benzene rings is 1. The van der Waals surface area contributed by atoms with Crippen LogP contribution in [0.1, 0.15) is 39.1 Å². The smallest absolute Gasteiger partial charge is 0.152 e. The first kappa shape index (κ1) is 20.6. The molecular weight excluding hydrogens is 362 g/mol. The lowest BCUT2D eigenvalue weighted by Gasteiger charge is -2.21. The van der Waals surface area contributed by atoms with Gasteiger partial charge < -0.3 is 10.1 Å². The summed E-state index contributed by atoms with van der Waals surface area (Å²) in [4.78, 5) is 9.76. The number of nitrogens with zero attached hydrogens (tertiary/aromatic N) is 4. The van der Waals surface area contributed by atoms with Crippen molar-refractivity contribution in [1.82, 2.24) is 19.7 Å². The van der Waals surface area contributed by atoms with Gasteiger partial charge in [-0.1, -0.05) is 20.4 Å². The third-order valence-electron chi connectivity index (χ3n) is 5.05. The molecule has 0 radical (unpaired) electrons. The largest absolute Gasteiger partial charge is 0.496 e. The molecule has 0 amide bonds. The van der Waals surface area contributed by atoms with Crippen LogP contribution in [-0.2, 0) is 0 Å². The van der Waals surface area contributed by atoms with Crippen molar-refractivity contribution < 1.29 is 4.74 Å². The number of anilines is 1. The average Bonchev–Trinajstić information content (AvgIpc) is 3.22. The highest BCUT2D eigenvalue weighted by molar-refractivity contribution is 5.76. The summed E-state index contributed by atoms with van der Waals surface area (Å²) in [5.41, 5.74) is 5.07. The second kappa shape index (κ2) is 8.47. The topological polar surface area (TPSA) is 64.9 Å². The predicted molar refractivity (Wildman–Crippen MR) is 119 cm³/mol. The summed E-state index contributed by atoms with van der Waals surface area (Å²) in [5, 5.41) is 7.78. The zero-order valence-corrected chi connectivity index (χ0v) is 18.0. The molecule has 1 unspecified atom stereocenters. The van der Waals surface area contributed by atoms with Crippen LogP contribution in [0.5, 0.6) is 5.75 Å². The van der Waals surface area contributed by atoms with Gasteiger partial charge in [-0.3, -0.25) is 0 Å². The molecular formula is C23H29N5O. The Labute approximate surface area is 172 Å². The van der Waals surface area contributed by atoms with Crippen LogP contribution in [0.3, 0.4) is 0 Å². The van der Waals surface area contributed by atoms with E-state index in [0.717, 1.165) is 45.5 Å². The van der Waals surface area contributed by atoms with Gasteiger partial charge in [-0.05, 0) is 50.5 Å². The van der Waals surface area contributed by atoms with Crippen LogP contribution >= 0.6 is 0 Å². The number of rotatable bonds is 7. The fourth-order valence-electron chi connectivity index (χ4n) is 2.99. The Morgan fingerprint density at radius 2 is 1.97 bits per heavy atom. The maximum Gasteiger partial charge on any atom is 0.152 e. The van der Waals surface area contributed by atoms with Gasteiger partial charge in [0.25, 0.3) is 0 Å². The molecule has 152 valence electrons. The molecule has 6 nitrogen and oxygen atoms in total. The fraction of sp³-hybridized carbons (Fsp3) is 0.348. The van der Waals surface area contributed by atoms with Gasteiger partial charge in [-0.25, -0.2) is 14.6 Å². The Balaban J connectivity index is 2.09. The molecule has 0 fully saturated rings. The van der Waals surface area contributed by atoms with Gasteiger partial charge in [-0.15, -0.1) is 0 Å². The minimum atomic E-state index is 0.274. The van der Waals surface area contributed by atoms with E-state index in [2.05, 4.69) is 37.8 Å². The molecule has 1 N–H and O–H groups in total. The number of aromatic nitrogens is 4. The van der Waals surface area contributed by atoms with Crippen LogP contribution in [0.2, 0.25) is 0 Å².